The number of nitrogens with one attached hydrogen (secondary N) is 1. The van der Waals surface area contributed by atoms with E-state index in [9.17, 15) is 14.7 Å². The van der Waals surface area contributed by atoms with Crippen molar-refractivity contribution in [3.05, 3.63) is 59.4 Å². The van der Waals surface area contributed by atoms with Crippen LogP contribution in [0.1, 0.15) is 44.2 Å². The standard InChI is InChI=1S/C25H32N2O4/c1-5-7-8-14-26-25(30)27(4)21-11-9-10-20(17-21)22-13-12-19(15-18(22)3)16-23(24(28)29)31-6-2/h9-13,15-17H,5-8,14H2,1-4H3,(H,26,30)(H,28,29)/b23-16-. The van der Waals surface area contributed by atoms with E-state index in [0.717, 1.165) is 47.2 Å². The predicted octanol–water partition coefficient (Wildman–Crippen LogP) is 5.46. The van der Waals surface area contributed by atoms with Gasteiger partial charge in [0.2, 0.25) is 5.76 Å². The second-order valence-electron chi connectivity index (χ2n) is 7.37. The Labute approximate surface area is 184 Å². The first kappa shape index (κ1) is 24.0. The largest absolute Gasteiger partial charge is 0.487 e. The highest BCUT2D eigenvalue weighted by atomic mass is 16.5. The Bertz CT molecular complexity index is 937. The Balaban J connectivity index is 2.21. The normalized spacial score (nSPS) is 11.2. The molecule has 166 valence electrons. The van der Waals surface area contributed by atoms with Crippen LogP contribution in [0.25, 0.3) is 17.2 Å². The lowest BCUT2D eigenvalue weighted by atomic mass is 9.97. The SMILES string of the molecule is CCCCCNC(=O)N(C)c1cccc(-c2ccc(/C=C(\OCC)C(=O)O)cc2C)c1. The van der Waals surface area contributed by atoms with Gasteiger partial charge in [-0.2, -0.15) is 0 Å². The lowest BCUT2D eigenvalue weighted by molar-refractivity contribution is -0.136. The van der Waals surface area contributed by atoms with Gasteiger partial charge >= 0.3 is 12.0 Å². The van der Waals surface area contributed by atoms with Crippen molar-refractivity contribution in [2.45, 2.75) is 40.0 Å². The van der Waals surface area contributed by atoms with Gasteiger partial charge in [-0.1, -0.05) is 50.1 Å². The molecule has 0 heterocycles. The van der Waals surface area contributed by atoms with E-state index in [-0.39, 0.29) is 11.8 Å². The molecule has 0 unspecified atom stereocenters. The minimum Gasteiger partial charge on any atom is -0.487 e. The van der Waals surface area contributed by atoms with Crippen LogP contribution in [0.15, 0.2) is 48.2 Å². The maximum absolute atomic E-state index is 12.4. The second-order valence-corrected chi connectivity index (χ2v) is 7.37. The van der Waals surface area contributed by atoms with E-state index in [1.54, 1.807) is 18.9 Å². The molecule has 0 spiro atoms. The van der Waals surface area contributed by atoms with Gasteiger partial charge in [0.05, 0.1) is 6.61 Å². The van der Waals surface area contributed by atoms with Crippen molar-refractivity contribution in [2.24, 2.45) is 0 Å². The number of hydrogen-bond donors (Lipinski definition) is 2. The summed E-state index contributed by atoms with van der Waals surface area (Å²) in [7, 11) is 1.76. The summed E-state index contributed by atoms with van der Waals surface area (Å²) >= 11 is 0. The molecular formula is C25H32N2O4. The number of aliphatic carboxylic acids is 1. The van der Waals surface area contributed by atoms with Gasteiger partial charge < -0.3 is 15.2 Å². The molecule has 0 aliphatic carbocycles. The maximum Gasteiger partial charge on any atom is 0.371 e. The quantitative estimate of drug-likeness (QED) is 0.302. The van der Waals surface area contributed by atoms with Crippen LogP contribution in [-0.4, -0.2) is 37.3 Å². The molecule has 31 heavy (non-hydrogen) atoms. The van der Waals surface area contributed by atoms with E-state index in [0.29, 0.717) is 13.2 Å². The number of benzene rings is 2. The highest BCUT2D eigenvalue weighted by molar-refractivity contribution is 5.92. The van der Waals surface area contributed by atoms with Crippen LogP contribution in [0.4, 0.5) is 10.5 Å². The summed E-state index contributed by atoms with van der Waals surface area (Å²) in [4.78, 5) is 25.3. The monoisotopic (exact) mass is 424 g/mol. The molecule has 2 aromatic rings. The van der Waals surface area contributed by atoms with Gasteiger partial charge in [0.25, 0.3) is 0 Å². The molecular weight excluding hydrogens is 392 g/mol. The third-order valence-electron chi connectivity index (χ3n) is 4.96. The third-order valence-corrected chi connectivity index (χ3v) is 4.96. The fraction of sp³-hybridized carbons (Fsp3) is 0.360. The summed E-state index contributed by atoms with van der Waals surface area (Å²) in [5.74, 6) is -1.17. The average molecular weight is 425 g/mol. The number of carbonyl (C=O) groups excluding carboxylic acids is 1. The van der Waals surface area contributed by atoms with E-state index in [1.807, 2.05) is 49.4 Å². The van der Waals surface area contributed by atoms with Crippen molar-refractivity contribution >= 4 is 23.8 Å². The molecule has 0 atom stereocenters. The highest BCUT2D eigenvalue weighted by Gasteiger charge is 2.12. The Morgan fingerprint density at radius 1 is 1.13 bits per heavy atom. The van der Waals surface area contributed by atoms with Crippen LogP contribution >= 0.6 is 0 Å². The van der Waals surface area contributed by atoms with Crippen LogP contribution in [0.5, 0.6) is 0 Å². The summed E-state index contributed by atoms with van der Waals surface area (Å²) in [6.07, 6.45) is 4.71. The zero-order valence-corrected chi connectivity index (χ0v) is 18.8. The van der Waals surface area contributed by atoms with Gasteiger partial charge in [0.1, 0.15) is 0 Å². The molecule has 0 saturated carbocycles. The molecule has 0 aliphatic rings. The zero-order chi connectivity index (χ0) is 22.8. The van der Waals surface area contributed by atoms with Crippen molar-refractivity contribution in [1.29, 1.82) is 0 Å². The Kier molecular flexibility index (Phi) is 9.13. The van der Waals surface area contributed by atoms with Gasteiger partial charge in [-0.15, -0.1) is 0 Å². The van der Waals surface area contributed by atoms with Crippen molar-refractivity contribution in [2.75, 3.05) is 25.1 Å². The van der Waals surface area contributed by atoms with E-state index < -0.39 is 5.97 Å². The van der Waals surface area contributed by atoms with E-state index in [2.05, 4.69) is 12.2 Å². The summed E-state index contributed by atoms with van der Waals surface area (Å²) < 4.78 is 5.19. The van der Waals surface area contributed by atoms with E-state index in [1.165, 1.54) is 6.08 Å². The number of ether oxygens (including phenoxy) is 1. The van der Waals surface area contributed by atoms with Gasteiger partial charge in [-0.3, -0.25) is 4.90 Å². The summed E-state index contributed by atoms with van der Waals surface area (Å²) in [6, 6.07) is 13.4. The lowest BCUT2D eigenvalue weighted by Crippen LogP contribution is -2.37. The molecule has 6 heteroatoms. The number of carboxylic acids is 1. The fourth-order valence-electron chi connectivity index (χ4n) is 3.26. The lowest BCUT2D eigenvalue weighted by Gasteiger charge is -2.19. The average Bonchev–Trinajstić information content (AvgIpc) is 2.76. The summed E-state index contributed by atoms with van der Waals surface area (Å²) in [5, 5.41) is 12.2. The number of hydrogen-bond acceptors (Lipinski definition) is 3. The Morgan fingerprint density at radius 3 is 2.55 bits per heavy atom. The highest BCUT2D eigenvalue weighted by Crippen LogP contribution is 2.28. The van der Waals surface area contributed by atoms with Crippen LogP contribution in [0, 0.1) is 6.92 Å². The van der Waals surface area contributed by atoms with Crippen molar-refractivity contribution < 1.29 is 19.4 Å². The molecule has 0 saturated heterocycles. The molecule has 2 aromatic carbocycles. The Morgan fingerprint density at radius 2 is 1.90 bits per heavy atom. The number of carboxylic acid groups (broad SMARTS) is 1. The number of anilines is 1. The molecule has 0 aromatic heterocycles. The molecule has 0 aliphatic heterocycles. The van der Waals surface area contributed by atoms with Gasteiger partial charge in [0, 0.05) is 19.3 Å². The first-order valence-corrected chi connectivity index (χ1v) is 10.7. The first-order chi connectivity index (χ1) is 14.9. The first-order valence-electron chi connectivity index (χ1n) is 10.7. The zero-order valence-electron chi connectivity index (χ0n) is 18.8. The van der Waals surface area contributed by atoms with Crippen molar-refractivity contribution in [3.63, 3.8) is 0 Å². The van der Waals surface area contributed by atoms with E-state index >= 15 is 0 Å². The number of unbranched alkanes of at least 4 members (excludes halogenated alkanes) is 2. The molecule has 2 rings (SSSR count). The number of urea groups is 1. The number of amides is 2. The van der Waals surface area contributed by atoms with Crippen molar-refractivity contribution in [1.82, 2.24) is 5.32 Å². The molecule has 2 amide bonds. The summed E-state index contributed by atoms with van der Waals surface area (Å²) in [5.41, 5.74) is 4.56. The fourth-order valence-corrected chi connectivity index (χ4v) is 3.26. The van der Waals surface area contributed by atoms with Gasteiger partial charge in [-0.05, 0) is 60.7 Å². The van der Waals surface area contributed by atoms with E-state index in [4.69, 9.17) is 4.74 Å². The second kappa shape index (κ2) is 11.8. The molecule has 6 nitrogen and oxygen atoms in total. The molecule has 0 radical (unpaired) electrons. The van der Waals surface area contributed by atoms with Crippen LogP contribution in [0.2, 0.25) is 0 Å². The number of nitrogens with zero attached hydrogens (tertiary/aromatic N) is 1. The topological polar surface area (TPSA) is 78.9 Å². The summed E-state index contributed by atoms with van der Waals surface area (Å²) in [6.45, 7) is 6.83. The van der Waals surface area contributed by atoms with Crippen LogP contribution < -0.4 is 10.2 Å². The number of carbonyl (C=O) groups is 2. The maximum atomic E-state index is 12.4. The van der Waals surface area contributed by atoms with Crippen molar-refractivity contribution in [3.8, 4) is 11.1 Å². The minimum atomic E-state index is -1.09. The van der Waals surface area contributed by atoms with Crippen LogP contribution in [0.3, 0.4) is 0 Å². The van der Waals surface area contributed by atoms with Gasteiger partial charge in [-0.25, -0.2) is 9.59 Å². The van der Waals surface area contributed by atoms with Crippen LogP contribution in [-0.2, 0) is 9.53 Å². The molecule has 0 bridgehead atoms. The van der Waals surface area contributed by atoms with Gasteiger partial charge in [0.15, 0.2) is 0 Å². The smallest absolute Gasteiger partial charge is 0.371 e. The molecule has 2 N–H and O–H groups in total. The predicted molar refractivity (Wildman–Crippen MR) is 125 cm³/mol. The minimum absolute atomic E-state index is 0.0804. The molecule has 0 fully saturated rings. The number of aryl methyl sites for hydroxylation is 1. The third kappa shape index (κ3) is 6.88. The number of rotatable bonds is 10. The Hall–Kier alpha value is -3.28.